The van der Waals surface area contributed by atoms with Crippen molar-refractivity contribution < 1.29 is 24.2 Å². The van der Waals surface area contributed by atoms with Gasteiger partial charge in [-0.1, -0.05) is 6.08 Å². The predicted molar refractivity (Wildman–Crippen MR) is 75.7 cm³/mol. The van der Waals surface area contributed by atoms with Crippen molar-refractivity contribution in [1.82, 2.24) is 9.80 Å². The molecule has 21 heavy (non-hydrogen) atoms. The molecule has 1 heterocycles. The second-order valence-corrected chi connectivity index (χ2v) is 4.88. The Balaban J connectivity index is 2.68. The quantitative estimate of drug-likeness (QED) is 0.583. The highest BCUT2D eigenvalue weighted by molar-refractivity contribution is 5.81. The number of amides is 2. The van der Waals surface area contributed by atoms with E-state index in [1.165, 1.54) is 15.9 Å². The van der Waals surface area contributed by atoms with Gasteiger partial charge >= 0.3 is 18.0 Å². The lowest BCUT2D eigenvalue weighted by Crippen LogP contribution is -2.50. The summed E-state index contributed by atoms with van der Waals surface area (Å²) in [5.74, 6) is -1.72. The first-order valence-electron chi connectivity index (χ1n) is 7.02. The van der Waals surface area contributed by atoms with E-state index in [1.807, 2.05) is 0 Å². The second kappa shape index (κ2) is 8.28. The molecule has 0 spiro atoms. The third-order valence-corrected chi connectivity index (χ3v) is 3.26. The average Bonchev–Trinajstić information content (AvgIpc) is 2.46. The minimum absolute atomic E-state index is 0.158. The molecule has 7 heteroatoms. The molecule has 1 aliphatic rings. The van der Waals surface area contributed by atoms with Gasteiger partial charge in [-0.05, 0) is 19.8 Å². The van der Waals surface area contributed by atoms with Crippen molar-refractivity contribution in [3.05, 3.63) is 12.7 Å². The summed E-state index contributed by atoms with van der Waals surface area (Å²) in [5.41, 5.74) is 0. The van der Waals surface area contributed by atoms with Gasteiger partial charge in [0.1, 0.15) is 6.54 Å². The van der Waals surface area contributed by atoms with Gasteiger partial charge < -0.3 is 19.6 Å². The summed E-state index contributed by atoms with van der Waals surface area (Å²) in [6, 6.07) is -0.383. The molecular formula is C14H22N2O5. The van der Waals surface area contributed by atoms with Gasteiger partial charge in [-0.15, -0.1) is 6.58 Å². The molecule has 1 rings (SSSR count). The Bertz CT molecular complexity index is 410. The zero-order valence-corrected chi connectivity index (χ0v) is 12.3. The summed E-state index contributed by atoms with van der Waals surface area (Å²) in [4.78, 5) is 37.6. The SMILES string of the molecule is C=CCN(CC(=O)O)C(=O)N1CCCC(C(=O)OCC)C1. The molecule has 0 aromatic heterocycles. The van der Waals surface area contributed by atoms with Crippen LogP contribution in [0.25, 0.3) is 0 Å². The van der Waals surface area contributed by atoms with Gasteiger partial charge in [-0.2, -0.15) is 0 Å². The predicted octanol–water partition coefficient (Wildman–Crippen LogP) is 0.954. The molecule has 0 bridgehead atoms. The topological polar surface area (TPSA) is 87.2 Å². The highest BCUT2D eigenvalue weighted by atomic mass is 16.5. The molecule has 0 saturated carbocycles. The van der Waals surface area contributed by atoms with Gasteiger partial charge in [-0.25, -0.2) is 4.79 Å². The maximum absolute atomic E-state index is 12.3. The molecule has 2 amide bonds. The third kappa shape index (κ3) is 5.09. The first-order valence-corrected chi connectivity index (χ1v) is 7.02. The number of esters is 1. The summed E-state index contributed by atoms with van der Waals surface area (Å²) in [6.07, 6.45) is 2.86. The van der Waals surface area contributed by atoms with Crippen LogP contribution in [0, 0.1) is 5.92 Å². The molecule has 1 saturated heterocycles. The van der Waals surface area contributed by atoms with Crippen LogP contribution in [0.4, 0.5) is 4.79 Å². The standard InChI is InChI=1S/C14H22N2O5/c1-3-7-15(10-12(17)18)14(20)16-8-5-6-11(9-16)13(19)21-4-2/h3,11H,1,4-10H2,2H3,(H,17,18). The third-order valence-electron chi connectivity index (χ3n) is 3.26. The summed E-state index contributed by atoms with van der Waals surface area (Å²) >= 11 is 0. The maximum Gasteiger partial charge on any atom is 0.323 e. The molecule has 7 nitrogen and oxygen atoms in total. The van der Waals surface area contributed by atoms with E-state index < -0.39 is 5.97 Å². The van der Waals surface area contributed by atoms with E-state index in [0.29, 0.717) is 26.0 Å². The van der Waals surface area contributed by atoms with E-state index in [0.717, 1.165) is 0 Å². The van der Waals surface area contributed by atoms with Crippen LogP contribution in [0.3, 0.4) is 0 Å². The number of aliphatic carboxylic acids is 1. The normalized spacial score (nSPS) is 18.0. The maximum atomic E-state index is 12.3. The first kappa shape index (κ1) is 17.0. The van der Waals surface area contributed by atoms with Gasteiger partial charge in [0.05, 0.1) is 12.5 Å². The highest BCUT2D eigenvalue weighted by Crippen LogP contribution is 2.19. The Labute approximate surface area is 124 Å². The Hall–Kier alpha value is -2.05. The average molecular weight is 298 g/mol. The number of hydrogen-bond acceptors (Lipinski definition) is 4. The molecule has 0 radical (unpaired) electrons. The molecule has 118 valence electrons. The van der Waals surface area contributed by atoms with E-state index in [4.69, 9.17) is 9.84 Å². The fourth-order valence-corrected chi connectivity index (χ4v) is 2.33. The molecule has 0 aromatic carbocycles. The van der Waals surface area contributed by atoms with Crippen LogP contribution < -0.4 is 0 Å². The molecule has 1 N–H and O–H groups in total. The Morgan fingerprint density at radius 1 is 1.48 bits per heavy atom. The van der Waals surface area contributed by atoms with E-state index in [1.54, 1.807) is 6.92 Å². The Kier molecular flexibility index (Phi) is 6.71. The zero-order chi connectivity index (χ0) is 15.8. The fourth-order valence-electron chi connectivity index (χ4n) is 2.33. The number of carbonyl (C=O) groups is 3. The molecule has 0 aliphatic carbocycles. The van der Waals surface area contributed by atoms with Crippen molar-refractivity contribution in [2.45, 2.75) is 19.8 Å². The van der Waals surface area contributed by atoms with Crippen LogP contribution in [-0.2, 0) is 14.3 Å². The van der Waals surface area contributed by atoms with Crippen LogP contribution in [0.5, 0.6) is 0 Å². The van der Waals surface area contributed by atoms with E-state index in [9.17, 15) is 14.4 Å². The number of piperidine rings is 1. The zero-order valence-electron chi connectivity index (χ0n) is 12.3. The summed E-state index contributed by atoms with van der Waals surface area (Å²) in [5, 5.41) is 8.85. The minimum Gasteiger partial charge on any atom is -0.480 e. The number of nitrogens with zero attached hydrogens (tertiary/aromatic N) is 2. The van der Waals surface area contributed by atoms with Gasteiger partial charge in [0.15, 0.2) is 0 Å². The molecule has 1 atom stereocenters. The number of rotatable bonds is 6. The first-order chi connectivity index (χ1) is 9.99. The summed E-state index contributed by atoms with van der Waals surface area (Å²) < 4.78 is 4.98. The van der Waals surface area contributed by atoms with Gasteiger partial charge in [0.25, 0.3) is 0 Å². The molecule has 1 unspecified atom stereocenters. The molecule has 0 aromatic rings. The number of carboxylic acids is 1. The van der Waals surface area contributed by atoms with E-state index >= 15 is 0 Å². The fraction of sp³-hybridized carbons (Fsp3) is 0.643. The largest absolute Gasteiger partial charge is 0.480 e. The van der Waals surface area contributed by atoms with Crippen molar-refractivity contribution in [2.24, 2.45) is 5.92 Å². The van der Waals surface area contributed by atoms with Gasteiger partial charge in [-0.3, -0.25) is 9.59 Å². The molecule has 1 aliphatic heterocycles. The van der Waals surface area contributed by atoms with Crippen LogP contribution in [0.1, 0.15) is 19.8 Å². The minimum atomic E-state index is -1.08. The second-order valence-electron chi connectivity index (χ2n) is 4.88. The van der Waals surface area contributed by atoms with Crippen molar-refractivity contribution >= 4 is 18.0 Å². The van der Waals surface area contributed by atoms with E-state index in [-0.39, 0.29) is 37.6 Å². The van der Waals surface area contributed by atoms with E-state index in [2.05, 4.69) is 6.58 Å². The van der Waals surface area contributed by atoms with Gasteiger partial charge in [0, 0.05) is 19.6 Å². The smallest absolute Gasteiger partial charge is 0.323 e. The lowest BCUT2D eigenvalue weighted by Gasteiger charge is -2.34. The molecule has 1 fully saturated rings. The Morgan fingerprint density at radius 3 is 2.76 bits per heavy atom. The lowest BCUT2D eigenvalue weighted by atomic mass is 9.98. The van der Waals surface area contributed by atoms with Crippen LogP contribution >= 0.6 is 0 Å². The molecular weight excluding hydrogens is 276 g/mol. The van der Waals surface area contributed by atoms with Crippen molar-refractivity contribution in [3.63, 3.8) is 0 Å². The number of carboxylic acid groups (broad SMARTS) is 1. The van der Waals surface area contributed by atoms with Crippen LogP contribution in [0.2, 0.25) is 0 Å². The Morgan fingerprint density at radius 2 is 2.19 bits per heavy atom. The number of hydrogen-bond donors (Lipinski definition) is 1. The lowest BCUT2D eigenvalue weighted by molar-refractivity contribution is -0.149. The monoisotopic (exact) mass is 298 g/mol. The number of ether oxygens (including phenoxy) is 1. The number of urea groups is 1. The van der Waals surface area contributed by atoms with Crippen molar-refractivity contribution in [3.8, 4) is 0 Å². The summed E-state index contributed by atoms with van der Waals surface area (Å²) in [6.45, 7) is 6.13. The van der Waals surface area contributed by atoms with Crippen molar-refractivity contribution in [1.29, 1.82) is 0 Å². The number of carbonyl (C=O) groups excluding carboxylic acids is 2. The van der Waals surface area contributed by atoms with Gasteiger partial charge in [0.2, 0.25) is 0 Å². The van der Waals surface area contributed by atoms with Crippen LogP contribution in [0.15, 0.2) is 12.7 Å². The van der Waals surface area contributed by atoms with Crippen LogP contribution in [-0.4, -0.2) is 65.7 Å². The summed E-state index contributed by atoms with van der Waals surface area (Å²) in [7, 11) is 0. The highest BCUT2D eigenvalue weighted by Gasteiger charge is 2.31. The van der Waals surface area contributed by atoms with Crippen molar-refractivity contribution in [2.75, 3.05) is 32.8 Å². The number of likely N-dealkylation sites (tertiary alicyclic amines) is 1.